The Bertz CT molecular complexity index is 902. The Morgan fingerprint density at radius 3 is 2.87 bits per heavy atom. The van der Waals surface area contributed by atoms with Crippen LogP contribution in [0.3, 0.4) is 0 Å². The molecule has 1 amide bonds. The second kappa shape index (κ2) is 6.04. The molecule has 0 aliphatic heterocycles. The molecule has 1 aromatic carbocycles. The lowest BCUT2D eigenvalue weighted by Crippen LogP contribution is -2.16. The summed E-state index contributed by atoms with van der Waals surface area (Å²) in [6, 6.07) is 8.45. The summed E-state index contributed by atoms with van der Waals surface area (Å²) in [7, 11) is 0. The van der Waals surface area contributed by atoms with E-state index in [9.17, 15) is 9.90 Å². The molecule has 0 aliphatic rings. The molecule has 2 heterocycles. The van der Waals surface area contributed by atoms with Crippen LogP contribution in [-0.4, -0.2) is 20.4 Å². The van der Waals surface area contributed by atoms with E-state index < -0.39 is 0 Å². The largest absolute Gasteiger partial charge is 0.508 e. The van der Waals surface area contributed by atoms with E-state index in [2.05, 4.69) is 26.2 Å². The first kappa shape index (κ1) is 15.6. The lowest BCUT2D eigenvalue weighted by Gasteiger charge is -2.08. The average molecular weight is 374 g/mol. The van der Waals surface area contributed by atoms with Crippen molar-refractivity contribution in [1.29, 1.82) is 0 Å². The fourth-order valence-electron chi connectivity index (χ4n) is 2.54. The molecule has 2 N–H and O–H groups in total. The highest BCUT2D eigenvalue weighted by Gasteiger charge is 2.20. The highest BCUT2D eigenvalue weighted by atomic mass is 79.9. The van der Waals surface area contributed by atoms with Crippen LogP contribution in [0.2, 0.25) is 0 Å². The molecule has 3 aromatic rings. The zero-order valence-electron chi connectivity index (χ0n) is 12.8. The van der Waals surface area contributed by atoms with E-state index >= 15 is 0 Å². The number of aromatic nitrogens is 2. The first-order valence-corrected chi connectivity index (χ1v) is 8.06. The molecule has 0 bridgehead atoms. The fourth-order valence-corrected chi connectivity index (χ4v) is 3.18. The Labute approximate surface area is 142 Å². The third-order valence-electron chi connectivity index (χ3n) is 3.54. The van der Waals surface area contributed by atoms with E-state index in [1.165, 1.54) is 6.07 Å². The zero-order valence-corrected chi connectivity index (χ0v) is 14.4. The number of aryl methyl sites for hydroxylation is 2. The Hall–Kier alpha value is -2.34. The third kappa shape index (κ3) is 2.94. The van der Waals surface area contributed by atoms with Gasteiger partial charge in [-0.1, -0.05) is 13.0 Å². The number of rotatable bonds is 3. The van der Waals surface area contributed by atoms with Crippen LogP contribution in [0.15, 0.2) is 41.0 Å². The minimum Gasteiger partial charge on any atom is -0.508 e. The van der Waals surface area contributed by atoms with Gasteiger partial charge in [0.2, 0.25) is 0 Å². The normalized spacial score (nSPS) is 10.9. The summed E-state index contributed by atoms with van der Waals surface area (Å²) >= 11 is 3.50. The number of aromatic hydroxyl groups is 1. The fraction of sp³-hybridized carbons (Fsp3) is 0.176. The molecule has 0 radical (unpaired) electrons. The van der Waals surface area contributed by atoms with E-state index in [1.54, 1.807) is 22.6 Å². The van der Waals surface area contributed by atoms with Crippen molar-refractivity contribution in [2.45, 2.75) is 20.3 Å². The van der Waals surface area contributed by atoms with Crippen LogP contribution in [0.5, 0.6) is 5.75 Å². The van der Waals surface area contributed by atoms with Gasteiger partial charge in [-0.25, -0.2) is 4.98 Å². The van der Waals surface area contributed by atoms with Crippen molar-refractivity contribution in [1.82, 2.24) is 9.38 Å². The standard InChI is InChI=1S/C17H16BrN3O2/c1-3-14-15(17(23)19-11-5-4-6-12(22)8-11)21-9-10(2)7-13(18)16(21)20-14/h4-9,22H,3H2,1-2H3,(H,19,23). The number of benzene rings is 1. The molecule has 5 nitrogen and oxygen atoms in total. The molecule has 0 saturated carbocycles. The molecule has 23 heavy (non-hydrogen) atoms. The predicted octanol–water partition coefficient (Wildman–Crippen LogP) is 3.93. The number of hydrogen-bond acceptors (Lipinski definition) is 3. The number of carbonyl (C=O) groups is 1. The van der Waals surface area contributed by atoms with Gasteiger partial charge >= 0.3 is 0 Å². The number of phenolic OH excluding ortho intramolecular Hbond substituents is 1. The summed E-state index contributed by atoms with van der Waals surface area (Å²) in [5.41, 5.74) is 3.52. The van der Waals surface area contributed by atoms with Crippen molar-refractivity contribution in [2.75, 3.05) is 5.32 Å². The Morgan fingerprint density at radius 2 is 2.17 bits per heavy atom. The Kier molecular flexibility index (Phi) is 4.09. The van der Waals surface area contributed by atoms with Gasteiger partial charge in [0.05, 0.1) is 10.2 Å². The van der Waals surface area contributed by atoms with Crippen LogP contribution in [0, 0.1) is 6.92 Å². The lowest BCUT2D eigenvalue weighted by molar-refractivity contribution is 0.102. The van der Waals surface area contributed by atoms with Crippen molar-refractivity contribution in [2.24, 2.45) is 0 Å². The average Bonchev–Trinajstić information content (AvgIpc) is 2.86. The lowest BCUT2D eigenvalue weighted by atomic mass is 10.2. The Balaban J connectivity index is 2.09. The molecule has 0 spiro atoms. The highest BCUT2D eigenvalue weighted by molar-refractivity contribution is 9.10. The van der Waals surface area contributed by atoms with Gasteiger partial charge in [0.15, 0.2) is 5.65 Å². The number of imidazole rings is 1. The van der Waals surface area contributed by atoms with E-state index in [1.807, 2.05) is 26.1 Å². The molecule has 6 heteroatoms. The number of nitrogens with zero attached hydrogens (tertiary/aromatic N) is 2. The molecule has 0 fully saturated rings. The number of amides is 1. The van der Waals surface area contributed by atoms with Gasteiger partial charge in [0.1, 0.15) is 11.4 Å². The molecule has 0 unspecified atom stereocenters. The number of phenols is 1. The van der Waals surface area contributed by atoms with E-state index in [0.717, 1.165) is 15.7 Å². The summed E-state index contributed by atoms with van der Waals surface area (Å²) in [5, 5.41) is 12.3. The molecule has 0 saturated heterocycles. The number of hydrogen-bond donors (Lipinski definition) is 2. The second-order valence-corrected chi connectivity index (χ2v) is 6.18. The van der Waals surface area contributed by atoms with Crippen LogP contribution >= 0.6 is 15.9 Å². The van der Waals surface area contributed by atoms with Crippen LogP contribution < -0.4 is 5.32 Å². The molecule has 0 atom stereocenters. The van der Waals surface area contributed by atoms with Gasteiger partial charge < -0.3 is 10.4 Å². The molecule has 3 rings (SSSR count). The number of anilines is 1. The summed E-state index contributed by atoms with van der Waals surface area (Å²) < 4.78 is 2.65. The minimum atomic E-state index is -0.252. The third-order valence-corrected chi connectivity index (χ3v) is 4.12. The maximum absolute atomic E-state index is 12.7. The van der Waals surface area contributed by atoms with Crippen LogP contribution in [0.4, 0.5) is 5.69 Å². The summed E-state index contributed by atoms with van der Waals surface area (Å²) in [5.74, 6) is -0.146. The summed E-state index contributed by atoms with van der Waals surface area (Å²) in [6.45, 7) is 3.93. The Morgan fingerprint density at radius 1 is 1.39 bits per heavy atom. The number of pyridine rings is 1. The maximum atomic E-state index is 12.7. The van der Waals surface area contributed by atoms with Gasteiger partial charge in [-0.3, -0.25) is 9.20 Å². The van der Waals surface area contributed by atoms with Gasteiger partial charge in [0.25, 0.3) is 5.91 Å². The molecule has 2 aromatic heterocycles. The summed E-state index contributed by atoms with van der Waals surface area (Å²) in [6.07, 6.45) is 2.54. The van der Waals surface area contributed by atoms with Gasteiger partial charge in [-0.15, -0.1) is 0 Å². The first-order chi connectivity index (χ1) is 11.0. The van der Waals surface area contributed by atoms with Gasteiger partial charge in [-0.05, 0) is 53.0 Å². The van der Waals surface area contributed by atoms with E-state index in [0.29, 0.717) is 23.4 Å². The van der Waals surface area contributed by atoms with Crippen LogP contribution in [0.1, 0.15) is 28.7 Å². The smallest absolute Gasteiger partial charge is 0.274 e. The van der Waals surface area contributed by atoms with E-state index in [4.69, 9.17) is 0 Å². The minimum absolute atomic E-state index is 0.107. The first-order valence-electron chi connectivity index (χ1n) is 7.27. The number of halogens is 1. The predicted molar refractivity (Wildman–Crippen MR) is 93.1 cm³/mol. The topological polar surface area (TPSA) is 66.6 Å². The number of carbonyl (C=O) groups excluding carboxylic acids is 1. The van der Waals surface area contributed by atoms with E-state index in [-0.39, 0.29) is 11.7 Å². The molecule has 0 aliphatic carbocycles. The van der Waals surface area contributed by atoms with Crippen LogP contribution in [0.25, 0.3) is 5.65 Å². The van der Waals surface area contributed by atoms with Gasteiger partial charge in [-0.2, -0.15) is 0 Å². The van der Waals surface area contributed by atoms with Crippen LogP contribution in [-0.2, 0) is 6.42 Å². The highest BCUT2D eigenvalue weighted by Crippen LogP contribution is 2.24. The molecule has 118 valence electrons. The second-order valence-electron chi connectivity index (χ2n) is 5.32. The van der Waals surface area contributed by atoms with Crippen molar-refractivity contribution in [3.05, 3.63) is 58.0 Å². The SMILES string of the molecule is CCc1nc2c(Br)cc(C)cn2c1C(=O)Nc1cccc(O)c1. The number of fused-ring (bicyclic) bond motifs is 1. The maximum Gasteiger partial charge on any atom is 0.274 e. The van der Waals surface area contributed by atoms with Gasteiger partial charge in [0, 0.05) is 18.0 Å². The molecular formula is C17H16BrN3O2. The monoisotopic (exact) mass is 373 g/mol. The van der Waals surface area contributed by atoms with Crippen molar-refractivity contribution in [3.63, 3.8) is 0 Å². The molecular weight excluding hydrogens is 358 g/mol. The number of nitrogens with one attached hydrogen (secondary N) is 1. The van der Waals surface area contributed by atoms with Crippen molar-refractivity contribution >= 4 is 33.2 Å². The van der Waals surface area contributed by atoms with Crippen molar-refractivity contribution < 1.29 is 9.90 Å². The quantitative estimate of drug-likeness (QED) is 0.730. The zero-order chi connectivity index (χ0) is 16.6. The summed E-state index contributed by atoms with van der Waals surface area (Å²) in [4.78, 5) is 17.3. The van der Waals surface area contributed by atoms with Crippen molar-refractivity contribution in [3.8, 4) is 5.75 Å².